The van der Waals surface area contributed by atoms with Crippen molar-refractivity contribution in [1.29, 1.82) is 0 Å². The van der Waals surface area contributed by atoms with Crippen LogP contribution >= 0.6 is 11.8 Å². The van der Waals surface area contributed by atoms with Gasteiger partial charge in [-0.2, -0.15) is 0 Å². The Morgan fingerprint density at radius 3 is 1.78 bits per heavy atom. The van der Waals surface area contributed by atoms with E-state index < -0.39 is 0 Å². The van der Waals surface area contributed by atoms with Crippen LogP contribution in [0, 0.1) is 0 Å². The van der Waals surface area contributed by atoms with Crippen LogP contribution in [0.3, 0.4) is 0 Å². The molecule has 0 aliphatic heterocycles. The molecule has 0 saturated heterocycles. The lowest BCUT2D eigenvalue weighted by Crippen LogP contribution is -1.94. The predicted molar refractivity (Wildman–Crippen MR) is 196 cm³/mol. The molecule has 1 heterocycles. The molecule has 0 amide bonds. The lowest BCUT2D eigenvalue weighted by molar-refractivity contribution is 1.19. The third kappa shape index (κ3) is 4.08. The Balaban J connectivity index is 1.28. The standard InChI is InChI=1S/C42H28N2S/c1-43-42-38(45-26-27-9-3-2-4-10-27)24-19-30-15-16-31-25-32(20-21-35(31)39(30)42)44-36-22-17-28-11-5-7-13-33(28)40(36)41-34-14-8-6-12-29(34)18-23-37(41)44/h2-25H,1,26H2. The SMILES string of the molecule is C=Nc1c(SCc2ccccc2)ccc2ccc3cc(-n4c5ccc6ccccc6c5c5c6ccccc6ccc54)ccc3c12. The number of aliphatic imine (C=N–C) groups is 1. The number of thioether (sulfide) groups is 1. The van der Waals surface area contributed by atoms with Crippen LogP contribution < -0.4 is 0 Å². The van der Waals surface area contributed by atoms with Crippen molar-refractivity contribution < 1.29 is 0 Å². The van der Waals surface area contributed by atoms with E-state index in [-0.39, 0.29) is 0 Å². The first-order chi connectivity index (χ1) is 22.3. The number of hydrogen-bond acceptors (Lipinski definition) is 2. The maximum Gasteiger partial charge on any atom is 0.0842 e. The van der Waals surface area contributed by atoms with E-state index in [1.165, 1.54) is 65.1 Å². The molecular weight excluding hydrogens is 565 g/mol. The zero-order chi connectivity index (χ0) is 29.9. The largest absolute Gasteiger partial charge is 0.309 e. The van der Waals surface area contributed by atoms with E-state index in [0.717, 1.165) is 27.4 Å². The number of fused-ring (bicyclic) bond motifs is 10. The Morgan fingerprint density at radius 2 is 1.09 bits per heavy atom. The number of aromatic nitrogens is 1. The van der Waals surface area contributed by atoms with Crippen molar-refractivity contribution in [2.45, 2.75) is 10.6 Å². The van der Waals surface area contributed by atoms with E-state index in [2.05, 4.69) is 162 Å². The summed E-state index contributed by atoms with van der Waals surface area (Å²) in [5.41, 5.74) is 5.84. The first kappa shape index (κ1) is 26.1. The van der Waals surface area contributed by atoms with Gasteiger partial charge in [-0.25, -0.2) is 0 Å². The molecule has 212 valence electrons. The van der Waals surface area contributed by atoms with Crippen molar-refractivity contribution in [3.8, 4) is 5.69 Å². The van der Waals surface area contributed by atoms with Gasteiger partial charge in [-0.15, -0.1) is 11.8 Å². The summed E-state index contributed by atoms with van der Waals surface area (Å²) >= 11 is 1.82. The van der Waals surface area contributed by atoms with E-state index in [9.17, 15) is 0 Å². The molecule has 0 radical (unpaired) electrons. The summed E-state index contributed by atoms with van der Waals surface area (Å²) in [6.45, 7) is 4.01. The van der Waals surface area contributed by atoms with Crippen molar-refractivity contribution in [2.24, 2.45) is 4.99 Å². The van der Waals surface area contributed by atoms with Gasteiger partial charge >= 0.3 is 0 Å². The van der Waals surface area contributed by atoms with Gasteiger partial charge < -0.3 is 4.57 Å². The van der Waals surface area contributed by atoms with Crippen LogP contribution in [0.4, 0.5) is 5.69 Å². The molecule has 0 aliphatic carbocycles. The molecule has 8 aromatic carbocycles. The monoisotopic (exact) mass is 592 g/mol. The molecule has 2 nitrogen and oxygen atoms in total. The van der Waals surface area contributed by atoms with Gasteiger partial charge in [0.2, 0.25) is 0 Å². The molecule has 0 saturated carbocycles. The highest BCUT2D eigenvalue weighted by Gasteiger charge is 2.18. The second kappa shape index (κ2) is 10.4. The van der Waals surface area contributed by atoms with Crippen LogP contribution in [0.15, 0.2) is 155 Å². The minimum Gasteiger partial charge on any atom is -0.309 e. The molecule has 45 heavy (non-hydrogen) atoms. The third-order valence-electron chi connectivity index (χ3n) is 9.12. The maximum absolute atomic E-state index is 4.60. The molecule has 0 fully saturated rings. The topological polar surface area (TPSA) is 17.3 Å². The Hall–Kier alpha value is -5.38. The summed E-state index contributed by atoms with van der Waals surface area (Å²) in [4.78, 5) is 5.75. The summed E-state index contributed by atoms with van der Waals surface area (Å²) in [5, 5.41) is 12.4. The van der Waals surface area contributed by atoms with E-state index in [4.69, 9.17) is 0 Å². The van der Waals surface area contributed by atoms with Gasteiger partial charge in [-0.1, -0.05) is 115 Å². The van der Waals surface area contributed by atoms with Gasteiger partial charge in [0.05, 0.1) is 16.7 Å². The van der Waals surface area contributed by atoms with E-state index in [1.54, 1.807) is 0 Å². The van der Waals surface area contributed by atoms with E-state index >= 15 is 0 Å². The molecule has 9 aromatic rings. The zero-order valence-corrected chi connectivity index (χ0v) is 25.4. The lowest BCUT2D eigenvalue weighted by Gasteiger charge is -2.14. The molecule has 3 heteroatoms. The summed E-state index contributed by atoms with van der Waals surface area (Å²) in [5.74, 6) is 0.890. The number of nitrogens with zero attached hydrogens (tertiary/aromatic N) is 2. The Kier molecular flexibility index (Phi) is 6.00. The van der Waals surface area contributed by atoms with Crippen molar-refractivity contribution in [2.75, 3.05) is 0 Å². The normalized spacial score (nSPS) is 11.8. The molecule has 0 unspecified atom stereocenters. The van der Waals surface area contributed by atoms with Crippen molar-refractivity contribution in [3.63, 3.8) is 0 Å². The van der Waals surface area contributed by atoms with Gasteiger partial charge in [0, 0.05) is 32.5 Å². The van der Waals surface area contributed by atoms with Gasteiger partial charge in [0.1, 0.15) is 0 Å². The molecule has 1 aromatic heterocycles. The lowest BCUT2D eigenvalue weighted by atomic mass is 10.00. The highest BCUT2D eigenvalue weighted by Crippen LogP contribution is 2.43. The molecule has 0 bridgehead atoms. The van der Waals surface area contributed by atoms with Crippen LogP contribution in [0.1, 0.15) is 5.56 Å². The number of benzene rings is 8. The minimum absolute atomic E-state index is 0.890. The highest BCUT2D eigenvalue weighted by molar-refractivity contribution is 7.98. The Labute approximate surface area is 265 Å². The molecule has 9 rings (SSSR count). The van der Waals surface area contributed by atoms with Crippen LogP contribution in [0.2, 0.25) is 0 Å². The van der Waals surface area contributed by atoms with Crippen molar-refractivity contribution >= 4 is 89.1 Å². The fourth-order valence-corrected chi connectivity index (χ4v) is 8.06. The van der Waals surface area contributed by atoms with Crippen LogP contribution in [0.5, 0.6) is 0 Å². The average molecular weight is 593 g/mol. The number of hydrogen-bond donors (Lipinski definition) is 0. The summed E-state index contributed by atoms with van der Waals surface area (Å²) in [7, 11) is 0. The van der Waals surface area contributed by atoms with Crippen LogP contribution in [-0.2, 0) is 5.75 Å². The smallest absolute Gasteiger partial charge is 0.0842 e. The van der Waals surface area contributed by atoms with Crippen molar-refractivity contribution in [1.82, 2.24) is 4.57 Å². The molecule has 0 atom stereocenters. The van der Waals surface area contributed by atoms with E-state index in [1.807, 2.05) is 11.8 Å². The fraction of sp³-hybridized carbons (Fsp3) is 0.0238. The predicted octanol–water partition coefficient (Wildman–Crippen LogP) is 12.0. The summed E-state index contributed by atoms with van der Waals surface area (Å²) in [6, 6.07) is 52.9. The average Bonchev–Trinajstić information content (AvgIpc) is 3.46. The Morgan fingerprint density at radius 1 is 0.511 bits per heavy atom. The maximum atomic E-state index is 4.60. The second-order valence-electron chi connectivity index (χ2n) is 11.6. The first-order valence-corrected chi connectivity index (χ1v) is 16.2. The Bertz CT molecular complexity index is 2520. The first-order valence-electron chi connectivity index (χ1n) is 15.3. The molecular formula is C42H28N2S. The van der Waals surface area contributed by atoms with Gasteiger partial charge in [0.25, 0.3) is 0 Å². The highest BCUT2D eigenvalue weighted by atomic mass is 32.2. The van der Waals surface area contributed by atoms with Gasteiger partial charge in [-0.3, -0.25) is 4.99 Å². The summed E-state index contributed by atoms with van der Waals surface area (Å²) < 4.78 is 2.44. The molecule has 0 aliphatic rings. The third-order valence-corrected chi connectivity index (χ3v) is 10.2. The molecule has 0 N–H and O–H groups in total. The van der Waals surface area contributed by atoms with Crippen LogP contribution in [0.25, 0.3) is 70.6 Å². The quantitative estimate of drug-likeness (QED) is 0.110. The van der Waals surface area contributed by atoms with Gasteiger partial charge in [-0.05, 0) is 80.3 Å². The fourth-order valence-electron chi connectivity index (χ4n) is 7.08. The van der Waals surface area contributed by atoms with Gasteiger partial charge in [0.15, 0.2) is 0 Å². The zero-order valence-electron chi connectivity index (χ0n) is 24.6. The van der Waals surface area contributed by atoms with Crippen molar-refractivity contribution in [3.05, 3.63) is 151 Å². The molecule has 0 spiro atoms. The van der Waals surface area contributed by atoms with Crippen LogP contribution in [-0.4, -0.2) is 11.3 Å². The van der Waals surface area contributed by atoms with E-state index in [0.29, 0.717) is 0 Å². The minimum atomic E-state index is 0.890. The second-order valence-corrected chi connectivity index (χ2v) is 12.6. The number of rotatable bonds is 5. The summed E-state index contributed by atoms with van der Waals surface area (Å²) in [6.07, 6.45) is 0.